The molecule has 0 unspecified atom stereocenters. The second-order valence-corrected chi connectivity index (χ2v) is 9.16. The molecule has 0 aliphatic carbocycles. The molecule has 2 rings (SSSR count). The summed E-state index contributed by atoms with van der Waals surface area (Å²) in [5.74, 6) is -0.0972. The van der Waals surface area contributed by atoms with Gasteiger partial charge in [0.25, 0.3) is 0 Å². The molecule has 8 heteroatoms. The highest BCUT2D eigenvalue weighted by Gasteiger charge is 2.31. The maximum atomic E-state index is 12.5. The molecule has 0 atom stereocenters. The van der Waals surface area contributed by atoms with Crippen molar-refractivity contribution in [3.63, 3.8) is 0 Å². The topological polar surface area (TPSA) is 66.9 Å². The number of hydrogen-bond donors (Lipinski definition) is 0. The van der Waals surface area contributed by atoms with Gasteiger partial charge in [0.2, 0.25) is 10.0 Å². The zero-order valence-electron chi connectivity index (χ0n) is 14.2. The van der Waals surface area contributed by atoms with Crippen LogP contribution >= 0.6 is 11.6 Å². The SMILES string of the molecule is CC(C)(C)OC(=O)N1CCN(S(=O)(=O)Cc2cccc(Cl)c2)CC1. The van der Waals surface area contributed by atoms with E-state index < -0.39 is 21.7 Å². The zero-order chi connectivity index (χ0) is 18.0. The smallest absolute Gasteiger partial charge is 0.410 e. The van der Waals surface area contributed by atoms with Gasteiger partial charge in [0.1, 0.15) is 5.60 Å². The molecule has 1 aliphatic rings. The first-order valence-electron chi connectivity index (χ1n) is 7.77. The van der Waals surface area contributed by atoms with Gasteiger partial charge in [0.15, 0.2) is 0 Å². The van der Waals surface area contributed by atoms with Crippen molar-refractivity contribution in [3.05, 3.63) is 34.9 Å². The molecule has 1 aromatic rings. The molecule has 1 heterocycles. The molecule has 0 bridgehead atoms. The van der Waals surface area contributed by atoms with E-state index in [1.807, 2.05) is 0 Å². The van der Waals surface area contributed by atoms with Crippen LogP contribution in [0.1, 0.15) is 26.3 Å². The van der Waals surface area contributed by atoms with Crippen molar-refractivity contribution in [1.82, 2.24) is 9.21 Å². The van der Waals surface area contributed by atoms with E-state index in [0.717, 1.165) is 0 Å². The summed E-state index contributed by atoms with van der Waals surface area (Å²) in [5, 5.41) is 0.512. The van der Waals surface area contributed by atoms with Crippen molar-refractivity contribution in [3.8, 4) is 0 Å². The highest BCUT2D eigenvalue weighted by Crippen LogP contribution is 2.18. The van der Waals surface area contributed by atoms with E-state index in [9.17, 15) is 13.2 Å². The lowest BCUT2D eigenvalue weighted by Crippen LogP contribution is -2.51. The summed E-state index contributed by atoms with van der Waals surface area (Å²) >= 11 is 5.90. The van der Waals surface area contributed by atoms with Crippen molar-refractivity contribution in [2.75, 3.05) is 26.2 Å². The molecule has 0 radical (unpaired) electrons. The van der Waals surface area contributed by atoms with Gasteiger partial charge in [0.05, 0.1) is 5.75 Å². The lowest BCUT2D eigenvalue weighted by atomic mass is 10.2. The minimum Gasteiger partial charge on any atom is -0.444 e. The molecule has 6 nitrogen and oxygen atoms in total. The number of amides is 1. The Morgan fingerprint density at radius 2 is 1.83 bits per heavy atom. The number of piperazine rings is 1. The maximum Gasteiger partial charge on any atom is 0.410 e. The fourth-order valence-electron chi connectivity index (χ4n) is 2.40. The van der Waals surface area contributed by atoms with E-state index in [1.54, 1.807) is 45.0 Å². The van der Waals surface area contributed by atoms with Gasteiger partial charge in [-0.25, -0.2) is 13.2 Å². The van der Waals surface area contributed by atoms with Crippen LogP contribution in [-0.2, 0) is 20.5 Å². The monoisotopic (exact) mass is 374 g/mol. The third-order valence-corrected chi connectivity index (χ3v) is 5.61. The summed E-state index contributed by atoms with van der Waals surface area (Å²) in [6.07, 6.45) is -0.408. The highest BCUT2D eigenvalue weighted by molar-refractivity contribution is 7.88. The predicted octanol–water partition coefficient (Wildman–Crippen LogP) is 2.72. The van der Waals surface area contributed by atoms with Gasteiger partial charge < -0.3 is 9.64 Å². The van der Waals surface area contributed by atoms with Crippen molar-refractivity contribution in [2.45, 2.75) is 32.1 Å². The van der Waals surface area contributed by atoms with Gasteiger partial charge in [-0.15, -0.1) is 0 Å². The van der Waals surface area contributed by atoms with Crippen molar-refractivity contribution >= 4 is 27.7 Å². The van der Waals surface area contributed by atoms with Gasteiger partial charge >= 0.3 is 6.09 Å². The number of carbonyl (C=O) groups is 1. The van der Waals surface area contributed by atoms with Crippen LogP contribution in [0.5, 0.6) is 0 Å². The third-order valence-electron chi connectivity index (χ3n) is 3.52. The minimum atomic E-state index is -3.44. The number of hydrogen-bond acceptors (Lipinski definition) is 4. The van der Waals surface area contributed by atoms with Crippen LogP contribution in [0.25, 0.3) is 0 Å². The van der Waals surface area contributed by atoms with Crippen LogP contribution in [0.4, 0.5) is 4.79 Å². The van der Waals surface area contributed by atoms with Crippen LogP contribution in [0.15, 0.2) is 24.3 Å². The number of carbonyl (C=O) groups excluding carboxylic acids is 1. The molecule has 0 spiro atoms. The van der Waals surface area contributed by atoms with E-state index in [2.05, 4.69) is 0 Å². The molecule has 1 aromatic carbocycles. The maximum absolute atomic E-state index is 12.5. The molecular weight excluding hydrogens is 352 g/mol. The Bertz CT molecular complexity index is 692. The quantitative estimate of drug-likeness (QED) is 0.815. The number of sulfonamides is 1. The predicted molar refractivity (Wildman–Crippen MR) is 93.5 cm³/mol. The van der Waals surface area contributed by atoms with Gasteiger partial charge in [-0.2, -0.15) is 4.31 Å². The van der Waals surface area contributed by atoms with Crippen molar-refractivity contribution < 1.29 is 17.9 Å². The second kappa shape index (κ2) is 7.29. The van der Waals surface area contributed by atoms with E-state index in [4.69, 9.17) is 16.3 Å². The molecule has 0 N–H and O–H groups in total. The van der Waals surface area contributed by atoms with Gasteiger partial charge in [-0.05, 0) is 38.5 Å². The van der Waals surface area contributed by atoms with E-state index in [1.165, 1.54) is 9.21 Å². The Hall–Kier alpha value is -1.31. The van der Waals surface area contributed by atoms with Gasteiger partial charge in [0, 0.05) is 31.2 Å². The molecule has 24 heavy (non-hydrogen) atoms. The van der Waals surface area contributed by atoms with Crippen molar-refractivity contribution in [1.29, 1.82) is 0 Å². The number of halogens is 1. The number of nitrogens with zero attached hydrogens (tertiary/aromatic N) is 2. The van der Waals surface area contributed by atoms with Crippen LogP contribution in [0.3, 0.4) is 0 Å². The minimum absolute atomic E-state index is 0.0972. The number of ether oxygens (including phenoxy) is 1. The largest absolute Gasteiger partial charge is 0.444 e. The first kappa shape index (κ1) is 19.0. The Labute approximate surface area is 148 Å². The lowest BCUT2D eigenvalue weighted by Gasteiger charge is -2.35. The third kappa shape index (κ3) is 5.36. The highest BCUT2D eigenvalue weighted by atomic mass is 35.5. The fourth-order valence-corrected chi connectivity index (χ4v) is 4.12. The van der Waals surface area contributed by atoms with Crippen LogP contribution in [-0.4, -0.2) is 55.5 Å². The molecule has 134 valence electrons. The normalized spacial score (nSPS) is 16.9. The molecule has 1 amide bonds. The molecule has 0 aromatic heterocycles. The standard InChI is InChI=1S/C16H23ClN2O4S/c1-16(2,3)23-15(20)18-7-9-19(10-8-18)24(21,22)12-13-5-4-6-14(17)11-13/h4-6,11H,7-10,12H2,1-3H3. The average molecular weight is 375 g/mol. The summed E-state index contributed by atoms with van der Waals surface area (Å²) in [7, 11) is -3.44. The number of benzene rings is 1. The van der Waals surface area contributed by atoms with Crippen LogP contribution in [0, 0.1) is 0 Å². The van der Waals surface area contributed by atoms with E-state index >= 15 is 0 Å². The van der Waals surface area contributed by atoms with E-state index in [0.29, 0.717) is 23.7 Å². The second-order valence-electron chi connectivity index (χ2n) is 6.75. The molecular formula is C16H23ClN2O4S. The summed E-state index contributed by atoms with van der Waals surface area (Å²) in [6.45, 7) is 6.58. The van der Waals surface area contributed by atoms with Crippen LogP contribution in [0.2, 0.25) is 5.02 Å². The van der Waals surface area contributed by atoms with Gasteiger partial charge in [-0.3, -0.25) is 0 Å². The van der Waals surface area contributed by atoms with Crippen LogP contribution < -0.4 is 0 Å². The molecule has 1 saturated heterocycles. The molecule has 1 aliphatic heterocycles. The number of rotatable bonds is 3. The first-order chi connectivity index (χ1) is 11.1. The summed E-state index contributed by atoms with van der Waals surface area (Å²) in [5.41, 5.74) is 0.0874. The Balaban J connectivity index is 1.94. The summed E-state index contributed by atoms with van der Waals surface area (Å²) in [6, 6.07) is 6.82. The Kier molecular flexibility index (Phi) is 5.78. The van der Waals surface area contributed by atoms with Gasteiger partial charge in [-0.1, -0.05) is 23.7 Å². The first-order valence-corrected chi connectivity index (χ1v) is 9.76. The summed E-state index contributed by atoms with van der Waals surface area (Å²) in [4.78, 5) is 13.6. The lowest BCUT2D eigenvalue weighted by molar-refractivity contribution is 0.0192. The zero-order valence-corrected chi connectivity index (χ0v) is 15.7. The fraction of sp³-hybridized carbons (Fsp3) is 0.562. The average Bonchev–Trinajstić information content (AvgIpc) is 2.45. The summed E-state index contributed by atoms with van der Waals surface area (Å²) < 4.78 is 31.8. The van der Waals surface area contributed by atoms with Crippen molar-refractivity contribution in [2.24, 2.45) is 0 Å². The van der Waals surface area contributed by atoms with E-state index in [-0.39, 0.29) is 18.8 Å². The molecule has 1 fully saturated rings. The Morgan fingerprint density at radius 1 is 1.21 bits per heavy atom. The molecule has 0 saturated carbocycles. The Morgan fingerprint density at radius 3 is 2.38 bits per heavy atom.